The molecule has 0 spiro atoms. The van der Waals surface area contributed by atoms with Crippen molar-refractivity contribution in [3.05, 3.63) is 34.3 Å². The molecular formula is C13H17ClN2O2. The van der Waals surface area contributed by atoms with E-state index in [9.17, 15) is 4.79 Å². The minimum absolute atomic E-state index is 0.0333. The first-order chi connectivity index (χ1) is 8.53. The number of fused-ring (bicyclic) bond motifs is 1. The molecule has 0 unspecified atom stereocenters. The molecule has 1 aromatic heterocycles. The minimum Gasteiger partial charge on any atom is -0.408 e. The van der Waals surface area contributed by atoms with E-state index >= 15 is 0 Å². The Hall–Kier alpha value is -1.26. The van der Waals surface area contributed by atoms with Gasteiger partial charge in [0.05, 0.1) is 5.52 Å². The van der Waals surface area contributed by atoms with Crippen molar-refractivity contribution in [2.75, 3.05) is 19.0 Å². The van der Waals surface area contributed by atoms with E-state index in [0.29, 0.717) is 11.5 Å². The third-order valence-corrected chi connectivity index (χ3v) is 3.23. The van der Waals surface area contributed by atoms with E-state index in [2.05, 4.69) is 24.1 Å². The maximum atomic E-state index is 11.1. The molecule has 1 heterocycles. The van der Waals surface area contributed by atoms with E-state index < -0.39 is 5.76 Å². The van der Waals surface area contributed by atoms with Crippen molar-refractivity contribution in [1.29, 1.82) is 0 Å². The fraction of sp³-hybridized carbons (Fsp3) is 0.462. The first-order valence-corrected chi connectivity index (χ1v) is 6.46. The lowest BCUT2D eigenvalue weighted by atomic mass is 9.84. The molecule has 0 saturated carbocycles. The maximum absolute atomic E-state index is 11.1. The van der Waals surface area contributed by atoms with Gasteiger partial charge >= 0.3 is 5.76 Å². The van der Waals surface area contributed by atoms with Gasteiger partial charge in [-0.05, 0) is 17.7 Å². The number of hydrogen-bond acceptors (Lipinski definition) is 3. The molecule has 0 aliphatic rings. The van der Waals surface area contributed by atoms with E-state index in [4.69, 9.17) is 16.0 Å². The molecule has 1 aromatic carbocycles. The zero-order chi connectivity index (χ0) is 13.2. The molecule has 0 radical (unpaired) electrons. The van der Waals surface area contributed by atoms with Crippen LogP contribution in [-0.4, -0.2) is 24.0 Å². The minimum atomic E-state index is -0.416. The molecule has 5 heteroatoms. The number of rotatable bonds is 5. The second kappa shape index (κ2) is 5.16. The average molecular weight is 269 g/mol. The fourth-order valence-electron chi connectivity index (χ4n) is 1.94. The third kappa shape index (κ3) is 2.76. The summed E-state index contributed by atoms with van der Waals surface area (Å²) in [5.41, 5.74) is 2.44. The van der Waals surface area contributed by atoms with Gasteiger partial charge < -0.3 is 9.73 Å². The molecule has 4 nitrogen and oxygen atoms in total. The monoisotopic (exact) mass is 268 g/mol. The number of alkyl halides is 1. The number of aromatic amines is 1. The average Bonchev–Trinajstić information content (AvgIpc) is 2.68. The van der Waals surface area contributed by atoms with Crippen molar-refractivity contribution in [2.24, 2.45) is 0 Å². The SMILES string of the molecule is CC(C)(CNCCCl)c1ccc2oc(=O)[nH]c2c1. The van der Waals surface area contributed by atoms with Crippen LogP contribution in [0.5, 0.6) is 0 Å². The van der Waals surface area contributed by atoms with Crippen LogP contribution in [0.2, 0.25) is 0 Å². The van der Waals surface area contributed by atoms with Crippen LogP contribution in [0, 0.1) is 0 Å². The summed E-state index contributed by atoms with van der Waals surface area (Å²) in [7, 11) is 0. The Bertz CT molecular complexity index is 586. The van der Waals surface area contributed by atoms with Gasteiger partial charge in [0.2, 0.25) is 0 Å². The smallest absolute Gasteiger partial charge is 0.408 e. The number of oxazole rings is 1. The number of halogens is 1. The quantitative estimate of drug-likeness (QED) is 0.646. The van der Waals surface area contributed by atoms with Gasteiger partial charge in [0.15, 0.2) is 5.58 Å². The van der Waals surface area contributed by atoms with Crippen molar-refractivity contribution in [3.8, 4) is 0 Å². The lowest BCUT2D eigenvalue weighted by molar-refractivity contribution is 0.478. The van der Waals surface area contributed by atoms with Crippen LogP contribution in [-0.2, 0) is 5.41 Å². The Morgan fingerprint density at radius 1 is 1.44 bits per heavy atom. The Kier molecular flexibility index (Phi) is 3.78. The zero-order valence-corrected chi connectivity index (χ0v) is 11.3. The number of benzene rings is 1. The summed E-state index contributed by atoms with van der Waals surface area (Å²) in [6.45, 7) is 5.91. The van der Waals surface area contributed by atoms with Gasteiger partial charge in [-0.1, -0.05) is 19.9 Å². The lowest BCUT2D eigenvalue weighted by Gasteiger charge is -2.25. The molecule has 18 heavy (non-hydrogen) atoms. The standard InChI is InChI=1S/C13H17ClN2O2/c1-13(2,8-15-6-5-14)9-3-4-11-10(7-9)16-12(17)18-11/h3-4,7,15H,5-6,8H2,1-2H3,(H,16,17). The molecule has 0 saturated heterocycles. The maximum Gasteiger partial charge on any atom is 0.417 e. The van der Waals surface area contributed by atoms with Crippen LogP contribution in [0.4, 0.5) is 0 Å². The van der Waals surface area contributed by atoms with Crippen molar-refractivity contribution in [3.63, 3.8) is 0 Å². The Balaban J connectivity index is 2.25. The topological polar surface area (TPSA) is 58.0 Å². The highest BCUT2D eigenvalue weighted by atomic mass is 35.5. The molecule has 0 fully saturated rings. The Morgan fingerprint density at radius 3 is 2.94 bits per heavy atom. The van der Waals surface area contributed by atoms with Crippen LogP contribution in [0.1, 0.15) is 19.4 Å². The molecule has 0 bridgehead atoms. The van der Waals surface area contributed by atoms with Crippen molar-refractivity contribution < 1.29 is 4.42 Å². The molecule has 0 aliphatic carbocycles. The first-order valence-electron chi connectivity index (χ1n) is 5.93. The molecule has 98 valence electrons. The lowest BCUT2D eigenvalue weighted by Crippen LogP contribution is -2.33. The van der Waals surface area contributed by atoms with E-state index in [1.54, 1.807) is 0 Å². The molecule has 2 aromatic rings. The van der Waals surface area contributed by atoms with Gasteiger partial charge in [-0.25, -0.2) is 4.79 Å². The summed E-state index contributed by atoms with van der Waals surface area (Å²) >= 11 is 5.64. The van der Waals surface area contributed by atoms with Crippen LogP contribution in [0.25, 0.3) is 11.1 Å². The summed E-state index contributed by atoms with van der Waals surface area (Å²) in [5.74, 6) is 0.185. The fourth-order valence-corrected chi connectivity index (χ4v) is 2.08. The first kappa shape index (κ1) is 13.2. The Morgan fingerprint density at radius 2 is 2.22 bits per heavy atom. The van der Waals surface area contributed by atoms with Crippen LogP contribution in [0.15, 0.2) is 27.4 Å². The van der Waals surface area contributed by atoms with E-state index in [1.165, 1.54) is 0 Å². The predicted octanol–water partition coefficient (Wildman–Crippen LogP) is 2.23. The number of nitrogens with one attached hydrogen (secondary N) is 2. The molecule has 0 atom stereocenters. The highest BCUT2D eigenvalue weighted by Crippen LogP contribution is 2.25. The highest BCUT2D eigenvalue weighted by molar-refractivity contribution is 6.18. The second-order valence-electron chi connectivity index (χ2n) is 4.98. The van der Waals surface area contributed by atoms with E-state index in [0.717, 1.165) is 24.2 Å². The summed E-state index contributed by atoms with van der Waals surface area (Å²) in [6, 6.07) is 5.77. The normalized spacial score (nSPS) is 12.2. The molecule has 2 rings (SSSR count). The summed E-state index contributed by atoms with van der Waals surface area (Å²) < 4.78 is 4.99. The van der Waals surface area contributed by atoms with Gasteiger partial charge in [0.1, 0.15) is 0 Å². The molecule has 2 N–H and O–H groups in total. The van der Waals surface area contributed by atoms with Gasteiger partial charge in [0, 0.05) is 24.4 Å². The summed E-state index contributed by atoms with van der Waals surface area (Å²) in [4.78, 5) is 13.8. The number of aromatic nitrogens is 1. The predicted molar refractivity (Wildman–Crippen MR) is 73.5 cm³/mol. The van der Waals surface area contributed by atoms with Crippen molar-refractivity contribution in [1.82, 2.24) is 10.3 Å². The van der Waals surface area contributed by atoms with Crippen molar-refractivity contribution >= 4 is 22.7 Å². The molecule has 0 aliphatic heterocycles. The Labute approximate surface area is 110 Å². The van der Waals surface area contributed by atoms with Gasteiger partial charge in [0.25, 0.3) is 0 Å². The van der Waals surface area contributed by atoms with Crippen molar-refractivity contribution in [2.45, 2.75) is 19.3 Å². The van der Waals surface area contributed by atoms with Gasteiger partial charge in [-0.3, -0.25) is 4.98 Å². The van der Waals surface area contributed by atoms with E-state index in [1.807, 2.05) is 18.2 Å². The highest BCUT2D eigenvalue weighted by Gasteiger charge is 2.20. The van der Waals surface area contributed by atoms with Crippen LogP contribution in [0.3, 0.4) is 0 Å². The van der Waals surface area contributed by atoms with Crippen LogP contribution >= 0.6 is 11.6 Å². The summed E-state index contributed by atoms with van der Waals surface area (Å²) in [6.07, 6.45) is 0. The molecule has 0 amide bonds. The van der Waals surface area contributed by atoms with Gasteiger partial charge in [-0.15, -0.1) is 11.6 Å². The molecular weight excluding hydrogens is 252 g/mol. The van der Waals surface area contributed by atoms with Gasteiger partial charge in [-0.2, -0.15) is 0 Å². The van der Waals surface area contributed by atoms with Crippen LogP contribution < -0.4 is 11.1 Å². The second-order valence-corrected chi connectivity index (χ2v) is 5.35. The zero-order valence-electron chi connectivity index (χ0n) is 10.5. The summed E-state index contributed by atoms with van der Waals surface area (Å²) in [5, 5.41) is 3.30. The third-order valence-electron chi connectivity index (χ3n) is 3.04. The number of H-pyrrole nitrogens is 1. The number of hydrogen-bond donors (Lipinski definition) is 2. The van der Waals surface area contributed by atoms with E-state index in [-0.39, 0.29) is 5.41 Å². The largest absolute Gasteiger partial charge is 0.417 e.